The molecule has 146 valence electrons. The predicted octanol–water partition coefficient (Wildman–Crippen LogP) is 3.87. The van der Waals surface area contributed by atoms with Gasteiger partial charge in [-0.2, -0.15) is 0 Å². The number of hydrogen-bond donors (Lipinski definition) is 1. The van der Waals surface area contributed by atoms with Gasteiger partial charge in [0, 0.05) is 17.6 Å². The van der Waals surface area contributed by atoms with Crippen LogP contribution in [0.15, 0.2) is 18.2 Å². The lowest BCUT2D eigenvalue weighted by atomic mass is 9.98. The second-order valence-corrected chi connectivity index (χ2v) is 7.61. The fourth-order valence-electron chi connectivity index (χ4n) is 3.26. The van der Waals surface area contributed by atoms with E-state index >= 15 is 0 Å². The van der Waals surface area contributed by atoms with Gasteiger partial charge in [0.1, 0.15) is 0 Å². The predicted molar refractivity (Wildman–Crippen MR) is 105 cm³/mol. The number of ether oxygens (including phenoxy) is 2. The third kappa shape index (κ3) is 5.63. The molecule has 26 heavy (non-hydrogen) atoms. The van der Waals surface area contributed by atoms with Crippen molar-refractivity contribution in [2.24, 2.45) is 0 Å². The molecule has 1 N–H and O–H groups in total. The highest BCUT2D eigenvalue weighted by Crippen LogP contribution is 2.28. The van der Waals surface area contributed by atoms with Crippen LogP contribution in [0.5, 0.6) is 11.5 Å². The largest absolute Gasteiger partial charge is 0.493 e. The smallest absolute Gasteiger partial charge is 0.251 e. The number of carbonyl (C=O) groups excluding carboxylic acids is 1. The fourth-order valence-corrected chi connectivity index (χ4v) is 3.26. The maximum Gasteiger partial charge on any atom is 0.251 e. The summed E-state index contributed by atoms with van der Waals surface area (Å²) >= 11 is 0. The van der Waals surface area contributed by atoms with Crippen molar-refractivity contribution < 1.29 is 14.3 Å². The minimum atomic E-state index is -0.0755. The van der Waals surface area contributed by atoms with Crippen molar-refractivity contribution in [3.8, 4) is 11.5 Å². The second kappa shape index (κ2) is 9.81. The van der Waals surface area contributed by atoms with Crippen LogP contribution in [0.25, 0.3) is 0 Å². The second-order valence-electron chi connectivity index (χ2n) is 7.61. The summed E-state index contributed by atoms with van der Waals surface area (Å²) in [5.41, 5.74) is 0.558. The number of hydrogen-bond acceptors (Lipinski definition) is 4. The van der Waals surface area contributed by atoms with Crippen molar-refractivity contribution in [2.45, 2.75) is 58.4 Å². The Morgan fingerprint density at radius 1 is 1.19 bits per heavy atom. The summed E-state index contributed by atoms with van der Waals surface area (Å²) in [6.07, 6.45) is 5.88. The average Bonchev–Trinajstić information content (AvgIpc) is 2.67. The number of unbranched alkanes of at least 4 members (excludes halogenated alkanes) is 1. The Bertz CT molecular complexity index is 581. The van der Waals surface area contributed by atoms with Crippen molar-refractivity contribution in [1.29, 1.82) is 0 Å². The number of amides is 1. The first-order chi connectivity index (χ1) is 12.5. The van der Waals surface area contributed by atoms with E-state index in [9.17, 15) is 4.79 Å². The van der Waals surface area contributed by atoms with Crippen molar-refractivity contribution in [3.05, 3.63) is 23.8 Å². The SMILES string of the molecule is CCCCOc1ccc(C(=O)NCC(C)(C)N2CCCCC2)cc1OC. The average molecular weight is 363 g/mol. The summed E-state index contributed by atoms with van der Waals surface area (Å²) in [5, 5.41) is 3.08. The molecule has 1 aliphatic rings. The standard InChI is InChI=1S/C21H34N2O3/c1-5-6-14-26-18-11-10-17(15-19(18)25-4)20(24)22-16-21(2,3)23-12-8-7-9-13-23/h10-11,15H,5-9,12-14,16H2,1-4H3,(H,22,24). The lowest BCUT2D eigenvalue weighted by Gasteiger charge is -2.41. The Hall–Kier alpha value is -1.75. The van der Waals surface area contributed by atoms with Gasteiger partial charge >= 0.3 is 0 Å². The van der Waals surface area contributed by atoms with Gasteiger partial charge in [-0.05, 0) is 64.4 Å². The number of piperidine rings is 1. The van der Waals surface area contributed by atoms with Gasteiger partial charge < -0.3 is 14.8 Å². The summed E-state index contributed by atoms with van der Waals surface area (Å²) in [6, 6.07) is 5.37. The van der Waals surface area contributed by atoms with Crippen LogP contribution in [0.1, 0.15) is 63.2 Å². The highest BCUT2D eigenvalue weighted by Gasteiger charge is 2.28. The molecule has 1 saturated heterocycles. The van der Waals surface area contributed by atoms with E-state index in [4.69, 9.17) is 9.47 Å². The number of benzene rings is 1. The maximum absolute atomic E-state index is 12.6. The molecule has 1 aromatic carbocycles. The lowest BCUT2D eigenvalue weighted by Crippen LogP contribution is -2.53. The summed E-state index contributed by atoms with van der Waals surface area (Å²) in [4.78, 5) is 15.1. The molecule has 0 spiro atoms. The summed E-state index contributed by atoms with van der Waals surface area (Å²) < 4.78 is 11.1. The molecule has 2 rings (SSSR count). The highest BCUT2D eigenvalue weighted by molar-refractivity contribution is 5.94. The third-order valence-corrected chi connectivity index (χ3v) is 5.07. The van der Waals surface area contributed by atoms with Crippen LogP contribution in [0.3, 0.4) is 0 Å². The van der Waals surface area contributed by atoms with Gasteiger partial charge in [0.05, 0.1) is 13.7 Å². The third-order valence-electron chi connectivity index (χ3n) is 5.07. The Morgan fingerprint density at radius 2 is 1.92 bits per heavy atom. The van der Waals surface area contributed by atoms with Gasteiger partial charge in [-0.25, -0.2) is 0 Å². The van der Waals surface area contributed by atoms with Crippen LogP contribution >= 0.6 is 0 Å². The molecule has 5 heteroatoms. The van der Waals surface area contributed by atoms with Crippen LogP contribution in [-0.4, -0.2) is 49.7 Å². The minimum Gasteiger partial charge on any atom is -0.493 e. The van der Waals surface area contributed by atoms with Gasteiger partial charge in [0.25, 0.3) is 5.91 Å². The quantitative estimate of drug-likeness (QED) is 0.678. The van der Waals surface area contributed by atoms with E-state index in [0.29, 0.717) is 30.2 Å². The number of rotatable bonds is 9. The van der Waals surface area contributed by atoms with E-state index < -0.39 is 0 Å². The van der Waals surface area contributed by atoms with Crippen LogP contribution in [0, 0.1) is 0 Å². The van der Waals surface area contributed by atoms with Crippen LogP contribution in [-0.2, 0) is 0 Å². The first kappa shape index (κ1) is 20.6. The Morgan fingerprint density at radius 3 is 2.58 bits per heavy atom. The minimum absolute atomic E-state index is 0.0383. The molecule has 1 aliphatic heterocycles. The molecule has 0 bridgehead atoms. The zero-order valence-electron chi connectivity index (χ0n) is 16.8. The number of nitrogens with one attached hydrogen (secondary N) is 1. The first-order valence-electron chi connectivity index (χ1n) is 9.82. The van der Waals surface area contributed by atoms with E-state index in [2.05, 4.69) is 31.0 Å². The molecule has 0 aromatic heterocycles. The van der Waals surface area contributed by atoms with Gasteiger partial charge in [0.15, 0.2) is 11.5 Å². The van der Waals surface area contributed by atoms with Crippen molar-refractivity contribution >= 4 is 5.91 Å². The molecule has 1 heterocycles. The molecule has 0 radical (unpaired) electrons. The van der Waals surface area contributed by atoms with E-state index in [1.807, 2.05) is 6.07 Å². The van der Waals surface area contributed by atoms with E-state index in [0.717, 1.165) is 25.9 Å². The number of carbonyl (C=O) groups is 1. The number of methoxy groups -OCH3 is 1. The maximum atomic E-state index is 12.6. The molecule has 0 aliphatic carbocycles. The zero-order chi connectivity index (χ0) is 19.0. The molecule has 0 saturated carbocycles. The van der Waals surface area contributed by atoms with Crippen molar-refractivity contribution in [1.82, 2.24) is 10.2 Å². The molecule has 0 unspecified atom stereocenters. The van der Waals surface area contributed by atoms with Crippen LogP contribution in [0.2, 0.25) is 0 Å². The number of likely N-dealkylation sites (tertiary alicyclic amines) is 1. The molecule has 1 amide bonds. The highest BCUT2D eigenvalue weighted by atomic mass is 16.5. The topological polar surface area (TPSA) is 50.8 Å². The van der Waals surface area contributed by atoms with E-state index in [1.54, 1.807) is 19.2 Å². The Balaban J connectivity index is 1.95. The van der Waals surface area contributed by atoms with E-state index in [-0.39, 0.29) is 11.4 Å². The van der Waals surface area contributed by atoms with Gasteiger partial charge in [-0.3, -0.25) is 9.69 Å². The summed E-state index contributed by atoms with van der Waals surface area (Å²) in [5.74, 6) is 1.21. The molecular weight excluding hydrogens is 328 g/mol. The van der Waals surface area contributed by atoms with Crippen molar-refractivity contribution in [3.63, 3.8) is 0 Å². The number of nitrogens with zero attached hydrogens (tertiary/aromatic N) is 1. The van der Waals surface area contributed by atoms with Crippen LogP contribution in [0.4, 0.5) is 0 Å². The lowest BCUT2D eigenvalue weighted by molar-refractivity contribution is 0.0797. The Labute approximate surface area is 158 Å². The molecule has 1 fully saturated rings. The fraction of sp³-hybridized carbons (Fsp3) is 0.667. The molecule has 0 atom stereocenters. The van der Waals surface area contributed by atoms with Gasteiger partial charge in [0.2, 0.25) is 0 Å². The van der Waals surface area contributed by atoms with Crippen LogP contribution < -0.4 is 14.8 Å². The molecular formula is C21H34N2O3. The molecule has 5 nitrogen and oxygen atoms in total. The monoisotopic (exact) mass is 362 g/mol. The summed E-state index contributed by atoms with van der Waals surface area (Å²) in [7, 11) is 1.60. The zero-order valence-corrected chi connectivity index (χ0v) is 16.8. The van der Waals surface area contributed by atoms with Gasteiger partial charge in [-0.1, -0.05) is 19.8 Å². The van der Waals surface area contributed by atoms with Gasteiger partial charge in [-0.15, -0.1) is 0 Å². The summed E-state index contributed by atoms with van der Waals surface area (Å²) in [6.45, 7) is 10.0. The van der Waals surface area contributed by atoms with E-state index in [1.165, 1.54) is 19.3 Å². The normalized spacial score (nSPS) is 15.5. The van der Waals surface area contributed by atoms with Crippen molar-refractivity contribution in [2.75, 3.05) is 33.4 Å². The molecule has 1 aromatic rings. The first-order valence-corrected chi connectivity index (χ1v) is 9.82. The Kier molecular flexibility index (Phi) is 7.76.